The van der Waals surface area contributed by atoms with Gasteiger partial charge in [0.2, 0.25) is 0 Å². The zero-order chi connectivity index (χ0) is 7.28. The van der Waals surface area contributed by atoms with E-state index in [-0.39, 0.29) is 0 Å². The van der Waals surface area contributed by atoms with E-state index in [9.17, 15) is 0 Å². The summed E-state index contributed by atoms with van der Waals surface area (Å²) in [6, 6.07) is 0. The number of aliphatic imine (C=N–C) groups is 1. The molecule has 0 rings (SSSR count). The highest BCUT2D eigenvalue weighted by Crippen LogP contribution is 1.78. The molecular weight excluding hydrogens is 114 g/mol. The highest BCUT2D eigenvalue weighted by molar-refractivity contribution is 5.85. The monoisotopic (exact) mass is 127 g/mol. The molecule has 3 heteroatoms. The van der Waals surface area contributed by atoms with Crippen LogP contribution in [0.2, 0.25) is 0 Å². The summed E-state index contributed by atoms with van der Waals surface area (Å²) in [6.45, 7) is 5.94. The highest BCUT2D eigenvalue weighted by Gasteiger charge is 1.89. The zero-order valence-corrected chi connectivity index (χ0v) is 5.94. The van der Waals surface area contributed by atoms with Crippen molar-refractivity contribution < 1.29 is 0 Å². The van der Waals surface area contributed by atoms with Crippen molar-refractivity contribution in [1.82, 2.24) is 5.32 Å². The van der Waals surface area contributed by atoms with Crippen LogP contribution in [-0.4, -0.2) is 19.4 Å². The predicted molar refractivity (Wildman–Crippen MR) is 40.4 cm³/mol. The zero-order valence-electron chi connectivity index (χ0n) is 5.94. The van der Waals surface area contributed by atoms with E-state index in [2.05, 4.69) is 16.9 Å². The van der Waals surface area contributed by atoms with Crippen LogP contribution < -0.4 is 11.1 Å². The average molecular weight is 127 g/mol. The van der Waals surface area contributed by atoms with Crippen molar-refractivity contribution in [1.29, 1.82) is 0 Å². The van der Waals surface area contributed by atoms with Crippen LogP contribution >= 0.6 is 0 Å². The molecule has 0 saturated heterocycles. The number of nitrogens with zero attached hydrogens (tertiary/aromatic N) is 1. The Labute approximate surface area is 55.7 Å². The van der Waals surface area contributed by atoms with Crippen LogP contribution in [0.3, 0.4) is 0 Å². The Kier molecular flexibility index (Phi) is 3.71. The van der Waals surface area contributed by atoms with Crippen LogP contribution in [0.1, 0.15) is 6.92 Å². The van der Waals surface area contributed by atoms with E-state index in [4.69, 9.17) is 5.73 Å². The molecule has 0 spiro atoms. The minimum atomic E-state index is 0.434. The van der Waals surface area contributed by atoms with Crippen molar-refractivity contribution in [3.8, 4) is 0 Å². The highest BCUT2D eigenvalue weighted by atomic mass is 15.0. The third-order valence-corrected chi connectivity index (χ3v) is 0.821. The van der Waals surface area contributed by atoms with Gasteiger partial charge in [0, 0.05) is 12.7 Å². The second-order valence-corrected chi connectivity index (χ2v) is 1.78. The minimum absolute atomic E-state index is 0.434. The summed E-state index contributed by atoms with van der Waals surface area (Å²) in [5.41, 5.74) is 6.16. The smallest absolute Gasteiger partial charge is 0.114 e. The largest absolute Gasteiger partial charge is 0.347 e. The first-order valence-electron chi connectivity index (χ1n) is 2.79. The SMILES string of the molecule is C=C(C)NC(CN)=NC. The molecule has 0 unspecified atom stereocenters. The number of nitrogens with two attached hydrogens (primary N) is 1. The fourth-order valence-electron chi connectivity index (χ4n) is 0.445. The van der Waals surface area contributed by atoms with Gasteiger partial charge in [-0.05, 0) is 6.92 Å². The topological polar surface area (TPSA) is 50.4 Å². The number of nitrogens with one attached hydrogen (secondary N) is 1. The maximum Gasteiger partial charge on any atom is 0.114 e. The second kappa shape index (κ2) is 4.09. The van der Waals surface area contributed by atoms with Crippen molar-refractivity contribution in [2.75, 3.05) is 13.6 Å². The average Bonchev–Trinajstić information content (AvgIpc) is 1.82. The molecule has 0 aliphatic heterocycles. The normalized spacial score (nSPS) is 11.2. The molecule has 0 amide bonds. The van der Waals surface area contributed by atoms with Gasteiger partial charge in [0.15, 0.2) is 0 Å². The molecule has 3 nitrogen and oxygen atoms in total. The molecule has 0 atom stereocenters. The van der Waals surface area contributed by atoms with Crippen LogP contribution in [0.25, 0.3) is 0 Å². The van der Waals surface area contributed by atoms with Crippen molar-refractivity contribution in [3.05, 3.63) is 12.3 Å². The maximum atomic E-state index is 5.30. The molecule has 0 aromatic heterocycles. The van der Waals surface area contributed by atoms with Crippen LogP contribution in [0.5, 0.6) is 0 Å². The molecule has 0 aliphatic rings. The first-order chi connectivity index (χ1) is 4.20. The van der Waals surface area contributed by atoms with Gasteiger partial charge in [0.1, 0.15) is 5.84 Å². The molecule has 3 N–H and O–H groups in total. The van der Waals surface area contributed by atoms with Crippen molar-refractivity contribution in [2.45, 2.75) is 6.92 Å². The quantitative estimate of drug-likeness (QED) is 0.408. The Morgan fingerprint density at radius 2 is 2.33 bits per heavy atom. The Hall–Kier alpha value is -0.830. The summed E-state index contributed by atoms with van der Waals surface area (Å²) >= 11 is 0. The third-order valence-electron chi connectivity index (χ3n) is 0.821. The van der Waals surface area contributed by atoms with Crippen LogP contribution in [0.4, 0.5) is 0 Å². The predicted octanol–water partition coefficient (Wildman–Crippen LogP) is 0.0966. The van der Waals surface area contributed by atoms with E-state index < -0.39 is 0 Å². The molecule has 0 aromatic carbocycles. The Morgan fingerprint density at radius 3 is 2.44 bits per heavy atom. The number of amidine groups is 1. The van der Waals surface area contributed by atoms with Gasteiger partial charge in [-0.3, -0.25) is 4.99 Å². The Morgan fingerprint density at radius 1 is 1.78 bits per heavy atom. The molecular formula is C6H13N3. The van der Waals surface area contributed by atoms with E-state index in [1.54, 1.807) is 7.05 Å². The van der Waals surface area contributed by atoms with E-state index in [0.717, 1.165) is 11.5 Å². The minimum Gasteiger partial charge on any atom is -0.347 e. The van der Waals surface area contributed by atoms with E-state index in [1.165, 1.54) is 0 Å². The summed E-state index contributed by atoms with van der Waals surface area (Å²) in [6.07, 6.45) is 0. The van der Waals surface area contributed by atoms with Gasteiger partial charge in [-0.2, -0.15) is 0 Å². The Balaban J connectivity index is 3.71. The van der Waals surface area contributed by atoms with Crippen molar-refractivity contribution in [2.24, 2.45) is 10.7 Å². The lowest BCUT2D eigenvalue weighted by atomic mass is 10.5. The lowest BCUT2D eigenvalue weighted by molar-refractivity contribution is 1.06. The fourth-order valence-corrected chi connectivity index (χ4v) is 0.445. The van der Waals surface area contributed by atoms with Crippen LogP contribution in [0.15, 0.2) is 17.3 Å². The summed E-state index contributed by atoms with van der Waals surface area (Å²) in [4.78, 5) is 3.87. The molecule has 0 aromatic rings. The number of rotatable bonds is 2. The van der Waals surface area contributed by atoms with E-state index in [1.807, 2.05) is 6.92 Å². The fraction of sp³-hybridized carbons (Fsp3) is 0.500. The first-order valence-corrected chi connectivity index (χ1v) is 2.79. The lowest BCUT2D eigenvalue weighted by Crippen LogP contribution is -2.28. The standard InChI is InChI=1S/C6H13N3/c1-5(2)9-6(4-7)8-3/h1,4,7H2,2-3H3,(H,8,9). The Bertz CT molecular complexity index is 126. The van der Waals surface area contributed by atoms with E-state index >= 15 is 0 Å². The third kappa shape index (κ3) is 3.73. The molecule has 0 aliphatic carbocycles. The molecule has 9 heavy (non-hydrogen) atoms. The van der Waals surface area contributed by atoms with Gasteiger partial charge in [-0.1, -0.05) is 6.58 Å². The molecule has 0 bridgehead atoms. The number of allylic oxidation sites excluding steroid dienone is 1. The molecule has 52 valence electrons. The number of hydrogen-bond acceptors (Lipinski definition) is 2. The van der Waals surface area contributed by atoms with Crippen molar-refractivity contribution in [3.63, 3.8) is 0 Å². The van der Waals surface area contributed by atoms with Gasteiger partial charge in [0.05, 0.1) is 6.54 Å². The summed E-state index contributed by atoms with van der Waals surface area (Å²) < 4.78 is 0. The molecule has 0 fully saturated rings. The number of hydrogen-bond donors (Lipinski definition) is 2. The van der Waals surface area contributed by atoms with Crippen LogP contribution in [0, 0.1) is 0 Å². The van der Waals surface area contributed by atoms with Crippen molar-refractivity contribution >= 4 is 5.84 Å². The van der Waals surface area contributed by atoms with Crippen LogP contribution in [-0.2, 0) is 0 Å². The molecule has 0 heterocycles. The second-order valence-electron chi connectivity index (χ2n) is 1.78. The summed E-state index contributed by atoms with van der Waals surface area (Å²) in [7, 11) is 1.69. The summed E-state index contributed by atoms with van der Waals surface area (Å²) in [5, 5.41) is 2.91. The maximum absolute atomic E-state index is 5.30. The van der Waals surface area contributed by atoms with Gasteiger partial charge >= 0.3 is 0 Å². The molecule has 0 radical (unpaired) electrons. The molecule has 0 saturated carbocycles. The van der Waals surface area contributed by atoms with Gasteiger partial charge < -0.3 is 11.1 Å². The van der Waals surface area contributed by atoms with Gasteiger partial charge in [0.25, 0.3) is 0 Å². The van der Waals surface area contributed by atoms with Gasteiger partial charge in [-0.25, -0.2) is 0 Å². The summed E-state index contributed by atoms with van der Waals surface area (Å²) in [5.74, 6) is 0.766. The lowest BCUT2D eigenvalue weighted by Gasteiger charge is -2.04. The van der Waals surface area contributed by atoms with Gasteiger partial charge in [-0.15, -0.1) is 0 Å². The first kappa shape index (κ1) is 8.17. The van der Waals surface area contributed by atoms with E-state index in [0.29, 0.717) is 6.54 Å².